The number of halogens is 1. The molecule has 0 aliphatic rings. The number of hydrogen-bond acceptors (Lipinski definition) is 2. The van der Waals surface area contributed by atoms with E-state index < -0.39 is 11.9 Å². The van der Waals surface area contributed by atoms with Gasteiger partial charge in [0.05, 0.1) is 11.3 Å². The normalized spacial score (nSPS) is 9.60. The molecule has 0 fully saturated rings. The summed E-state index contributed by atoms with van der Waals surface area (Å²) >= 11 is 0. The van der Waals surface area contributed by atoms with Crippen LogP contribution in [-0.2, 0) is 11.3 Å². The Hall–Kier alpha value is -2.80. The molecule has 3 nitrogen and oxygen atoms in total. The predicted molar refractivity (Wildman–Crippen MR) is 74.6 cm³/mol. The lowest BCUT2D eigenvalue weighted by molar-refractivity contribution is 0.155. The lowest BCUT2D eigenvalue weighted by Gasteiger charge is -2.08. The fourth-order valence-electron chi connectivity index (χ4n) is 1.61. The number of anilines is 1. The van der Waals surface area contributed by atoms with Gasteiger partial charge in [0.25, 0.3) is 0 Å². The number of ether oxygens (including phenoxy) is 1. The topological polar surface area (TPSA) is 38.3 Å². The maximum absolute atomic E-state index is 13.0. The fourth-order valence-corrected chi connectivity index (χ4v) is 1.61. The third-order valence-corrected chi connectivity index (χ3v) is 2.59. The monoisotopic (exact) mass is 269 g/mol. The molecule has 100 valence electrons. The van der Waals surface area contributed by atoms with E-state index in [0.29, 0.717) is 5.69 Å². The van der Waals surface area contributed by atoms with Crippen LogP contribution in [-0.4, -0.2) is 6.09 Å². The maximum atomic E-state index is 13.0. The second kappa shape index (κ2) is 6.39. The summed E-state index contributed by atoms with van der Waals surface area (Å²) in [6, 6.07) is 13.1. The predicted octanol–water partition coefficient (Wildman–Crippen LogP) is 3.56. The molecule has 0 unspecified atom stereocenters. The zero-order valence-electron chi connectivity index (χ0n) is 10.6. The molecule has 20 heavy (non-hydrogen) atoms. The van der Waals surface area contributed by atoms with Crippen molar-refractivity contribution in [2.24, 2.45) is 0 Å². The van der Waals surface area contributed by atoms with E-state index in [0.717, 1.165) is 5.56 Å². The van der Waals surface area contributed by atoms with E-state index in [2.05, 4.69) is 11.2 Å². The molecule has 0 saturated carbocycles. The van der Waals surface area contributed by atoms with E-state index in [-0.39, 0.29) is 12.2 Å². The van der Waals surface area contributed by atoms with Gasteiger partial charge in [-0.2, -0.15) is 0 Å². The van der Waals surface area contributed by atoms with E-state index in [9.17, 15) is 9.18 Å². The van der Waals surface area contributed by atoms with Gasteiger partial charge in [0.15, 0.2) is 0 Å². The Labute approximate surface area is 116 Å². The van der Waals surface area contributed by atoms with Crippen LogP contribution in [0.15, 0.2) is 48.5 Å². The quantitative estimate of drug-likeness (QED) is 0.865. The second-order valence-corrected chi connectivity index (χ2v) is 4.02. The summed E-state index contributed by atoms with van der Waals surface area (Å²) < 4.78 is 18.1. The Morgan fingerprint density at radius 2 is 2.00 bits per heavy atom. The highest BCUT2D eigenvalue weighted by Gasteiger charge is 2.07. The third kappa shape index (κ3) is 3.59. The Morgan fingerprint density at radius 1 is 1.25 bits per heavy atom. The van der Waals surface area contributed by atoms with Crippen molar-refractivity contribution in [1.82, 2.24) is 0 Å². The van der Waals surface area contributed by atoms with Gasteiger partial charge in [-0.15, -0.1) is 6.42 Å². The Balaban J connectivity index is 1.97. The summed E-state index contributed by atoms with van der Waals surface area (Å²) in [5, 5.41) is 2.49. The molecule has 0 bridgehead atoms. The van der Waals surface area contributed by atoms with Crippen LogP contribution in [0.1, 0.15) is 11.1 Å². The summed E-state index contributed by atoms with van der Waals surface area (Å²) in [6.45, 7) is 0.152. The van der Waals surface area contributed by atoms with Gasteiger partial charge in [0.1, 0.15) is 12.4 Å². The molecule has 2 aromatic rings. The Bertz CT molecular complexity index is 647. The van der Waals surface area contributed by atoms with Crippen LogP contribution < -0.4 is 5.32 Å². The van der Waals surface area contributed by atoms with Crippen LogP contribution in [0.4, 0.5) is 14.9 Å². The minimum Gasteiger partial charge on any atom is -0.444 e. The SMILES string of the molecule is C#Cc1cc(F)ccc1NC(=O)OCc1ccccc1. The highest BCUT2D eigenvalue weighted by molar-refractivity contribution is 5.86. The fraction of sp³-hybridized carbons (Fsp3) is 0.0625. The number of rotatable bonds is 3. The largest absolute Gasteiger partial charge is 0.444 e. The number of carbonyl (C=O) groups is 1. The molecule has 1 N–H and O–H groups in total. The summed E-state index contributed by atoms with van der Waals surface area (Å²) in [6.07, 6.45) is 4.61. The van der Waals surface area contributed by atoms with Crippen molar-refractivity contribution in [1.29, 1.82) is 0 Å². The minimum absolute atomic E-state index is 0.152. The first-order valence-electron chi connectivity index (χ1n) is 5.93. The van der Waals surface area contributed by atoms with Crippen molar-refractivity contribution in [2.45, 2.75) is 6.61 Å². The summed E-state index contributed by atoms with van der Waals surface area (Å²) in [5.74, 6) is 1.85. The van der Waals surface area contributed by atoms with Gasteiger partial charge >= 0.3 is 6.09 Å². The lowest BCUT2D eigenvalue weighted by Crippen LogP contribution is -2.14. The smallest absolute Gasteiger partial charge is 0.411 e. The molecule has 2 aromatic carbocycles. The zero-order chi connectivity index (χ0) is 14.4. The maximum Gasteiger partial charge on any atom is 0.411 e. The van der Waals surface area contributed by atoms with Crippen molar-refractivity contribution in [3.63, 3.8) is 0 Å². The molecule has 0 saturated heterocycles. The average molecular weight is 269 g/mol. The van der Waals surface area contributed by atoms with Crippen LogP contribution in [0, 0.1) is 18.2 Å². The van der Waals surface area contributed by atoms with Crippen molar-refractivity contribution >= 4 is 11.8 Å². The van der Waals surface area contributed by atoms with Crippen molar-refractivity contribution in [3.05, 3.63) is 65.5 Å². The Kier molecular flexibility index (Phi) is 4.35. The number of amides is 1. The van der Waals surface area contributed by atoms with Gasteiger partial charge in [0, 0.05) is 0 Å². The van der Waals surface area contributed by atoms with E-state index >= 15 is 0 Å². The molecule has 0 radical (unpaired) electrons. The van der Waals surface area contributed by atoms with Crippen LogP contribution in [0.5, 0.6) is 0 Å². The van der Waals surface area contributed by atoms with Gasteiger partial charge in [-0.1, -0.05) is 36.3 Å². The van der Waals surface area contributed by atoms with E-state index in [1.807, 2.05) is 30.3 Å². The molecular formula is C16H12FNO2. The summed E-state index contributed by atoms with van der Waals surface area (Å²) in [7, 11) is 0. The number of benzene rings is 2. The first kappa shape index (κ1) is 13.6. The molecule has 2 rings (SSSR count). The van der Waals surface area contributed by atoms with E-state index in [4.69, 9.17) is 11.2 Å². The molecule has 1 amide bonds. The summed E-state index contributed by atoms with van der Waals surface area (Å²) in [4.78, 5) is 11.6. The highest BCUT2D eigenvalue weighted by Crippen LogP contribution is 2.16. The van der Waals surface area contributed by atoms with Gasteiger partial charge in [0.2, 0.25) is 0 Å². The third-order valence-electron chi connectivity index (χ3n) is 2.59. The van der Waals surface area contributed by atoms with E-state index in [1.165, 1.54) is 18.2 Å². The van der Waals surface area contributed by atoms with Crippen molar-refractivity contribution in [3.8, 4) is 12.3 Å². The Morgan fingerprint density at radius 3 is 2.70 bits per heavy atom. The van der Waals surface area contributed by atoms with Gasteiger partial charge in [-0.05, 0) is 23.8 Å². The number of terminal acetylenes is 1. The first-order valence-corrected chi connectivity index (χ1v) is 5.93. The van der Waals surface area contributed by atoms with Crippen LogP contribution >= 0.6 is 0 Å². The lowest BCUT2D eigenvalue weighted by atomic mass is 10.2. The van der Waals surface area contributed by atoms with E-state index in [1.54, 1.807) is 0 Å². The molecule has 4 heteroatoms. The van der Waals surface area contributed by atoms with Crippen LogP contribution in [0.3, 0.4) is 0 Å². The number of nitrogens with one attached hydrogen (secondary N) is 1. The molecule has 0 aliphatic carbocycles. The minimum atomic E-state index is -0.642. The van der Waals surface area contributed by atoms with Crippen molar-refractivity contribution < 1.29 is 13.9 Å². The first-order chi connectivity index (χ1) is 9.69. The molecule has 0 aromatic heterocycles. The highest BCUT2D eigenvalue weighted by atomic mass is 19.1. The van der Waals surface area contributed by atoms with Gasteiger partial charge in [-0.25, -0.2) is 9.18 Å². The standard InChI is InChI=1S/C16H12FNO2/c1-2-13-10-14(17)8-9-15(13)18-16(19)20-11-12-6-4-3-5-7-12/h1,3-10H,11H2,(H,18,19). The molecular weight excluding hydrogens is 257 g/mol. The molecule has 0 heterocycles. The average Bonchev–Trinajstić information content (AvgIpc) is 2.48. The second-order valence-electron chi connectivity index (χ2n) is 4.02. The van der Waals surface area contributed by atoms with Crippen LogP contribution in [0.2, 0.25) is 0 Å². The number of carbonyl (C=O) groups excluding carboxylic acids is 1. The number of hydrogen-bond donors (Lipinski definition) is 1. The van der Waals surface area contributed by atoms with Gasteiger partial charge in [-0.3, -0.25) is 5.32 Å². The van der Waals surface area contributed by atoms with Crippen LogP contribution in [0.25, 0.3) is 0 Å². The molecule has 0 aliphatic heterocycles. The zero-order valence-corrected chi connectivity index (χ0v) is 10.6. The molecule has 0 atom stereocenters. The van der Waals surface area contributed by atoms with Crippen molar-refractivity contribution in [2.75, 3.05) is 5.32 Å². The molecule has 0 spiro atoms. The van der Waals surface area contributed by atoms with Gasteiger partial charge < -0.3 is 4.74 Å². The summed E-state index contributed by atoms with van der Waals surface area (Å²) in [5.41, 5.74) is 1.48.